The van der Waals surface area contributed by atoms with Gasteiger partial charge in [-0.15, -0.1) is 12.4 Å². The van der Waals surface area contributed by atoms with E-state index in [2.05, 4.69) is 15.5 Å². The number of halogens is 4. The fourth-order valence-corrected chi connectivity index (χ4v) is 1.83. The van der Waals surface area contributed by atoms with Crippen LogP contribution in [0.3, 0.4) is 0 Å². The van der Waals surface area contributed by atoms with E-state index in [0.717, 1.165) is 21.5 Å². The highest BCUT2D eigenvalue weighted by atomic mass is 35.5. The molecule has 0 aliphatic heterocycles. The minimum atomic E-state index is -4.25. The molecule has 0 saturated heterocycles. The average Bonchev–Trinajstić information content (AvgIpc) is 2.88. The van der Waals surface area contributed by atoms with Crippen LogP contribution in [0.1, 0.15) is 16.8 Å². The van der Waals surface area contributed by atoms with Crippen LogP contribution in [0.15, 0.2) is 18.6 Å². The van der Waals surface area contributed by atoms with Gasteiger partial charge in [-0.2, -0.15) is 23.4 Å². The zero-order valence-electron chi connectivity index (χ0n) is 11.7. The third kappa shape index (κ3) is 5.05. The molecule has 0 bridgehead atoms. The number of hydrogen-bond acceptors (Lipinski definition) is 3. The molecule has 5 nitrogen and oxygen atoms in total. The molecule has 0 saturated carbocycles. The van der Waals surface area contributed by atoms with Crippen molar-refractivity contribution >= 4 is 12.4 Å². The van der Waals surface area contributed by atoms with Gasteiger partial charge in [0.15, 0.2) is 0 Å². The average molecular weight is 324 g/mol. The Morgan fingerprint density at radius 1 is 1.19 bits per heavy atom. The number of hydrogen-bond donors (Lipinski definition) is 1. The van der Waals surface area contributed by atoms with E-state index in [1.54, 1.807) is 10.9 Å². The van der Waals surface area contributed by atoms with Crippen molar-refractivity contribution in [3.8, 4) is 0 Å². The SMILES string of the molecule is Cc1c(CNCc2cnn(CC(F)(F)F)c2)cnn1C.Cl. The van der Waals surface area contributed by atoms with Crippen LogP contribution in [-0.2, 0) is 26.7 Å². The number of nitrogens with one attached hydrogen (secondary N) is 1. The lowest BCUT2D eigenvalue weighted by atomic mass is 10.2. The number of aryl methyl sites for hydroxylation is 1. The molecule has 9 heteroatoms. The summed E-state index contributed by atoms with van der Waals surface area (Å²) in [5.41, 5.74) is 2.84. The van der Waals surface area contributed by atoms with E-state index in [0.29, 0.717) is 13.1 Å². The van der Waals surface area contributed by atoms with Gasteiger partial charge in [-0.1, -0.05) is 0 Å². The van der Waals surface area contributed by atoms with Gasteiger partial charge in [0.2, 0.25) is 0 Å². The minimum absolute atomic E-state index is 0. The molecule has 0 fully saturated rings. The second kappa shape index (κ2) is 6.95. The highest BCUT2D eigenvalue weighted by molar-refractivity contribution is 5.85. The van der Waals surface area contributed by atoms with Gasteiger partial charge in [-0.05, 0) is 6.92 Å². The highest BCUT2D eigenvalue weighted by Crippen LogP contribution is 2.17. The molecule has 0 atom stereocenters. The quantitative estimate of drug-likeness (QED) is 0.917. The van der Waals surface area contributed by atoms with Gasteiger partial charge < -0.3 is 5.32 Å². The summed E-state index contributed by atoms with van der Waals surface area (Å²) in [6.07, 6.45) is 0.365. The van der Waals surface area contributed by atoms with Gasteiger partial charge in [-0.25, -0.2) is 0 Å². The summed E-state index contributed by atoms with van der Waals surface area (Å²) >= 11 is 0. The zero-order chi connectivity index (χ0) is 14.8. The maximum Gasteiger partial charge on any atom is 0.408 e. The lowest BCUT2D eigenvalue weighted by Gasteiger charge is -2.05. The van der Waals surface area contributed by atoms with Crippen molar-refractivity contribution in [2.24, 2.45) is 7.05 Å². The molecule has 0 aliphatic rings. The van der Waals surface area contributed by atoms with Crippen LogP contribution in [0.2, 0.25) is 0 Å². The summed E-state index contributed by atoms with van der Waals surface area (Å²) in [7, 11) is 1.86. The zero-order valence-corrected chi connectivity index (χ0v) is 12.5. The van der Waals surface area contributed by atoms with Crippen molar-refractivity contribution < 1.29 is 13.2 Å². The Labute approximate surface area is 126 Å². The van der Waals surface area contributed by atoms with Crippen LogP contribution >= 0.6 is 12.4 Å². The normalized spacial score (nSPS) is 11.5. The molecule has 118 valence electrons. The van der Waals surface area contributed by atoms with E-state index in [9.17, 15) is 13.2 Å². The standard InChI is InChI=1S/C12H16F3N5.ClH/c1-9-11(6-17-19(9)2)5-16-3-10-4-18-20(7-10)8-12(13,14)15;/h4,6-7,16H,3,5,8H2,1-2H3;1H. The summed E-state index contributed by atoms with van der Waals surface area (Å²) in [6, 6.07) is 0. The third-order valence-electron chi connectivity index (χ3n) is 3.01. The fourth-order valence-electron chi connectivity index (χ4n) is 1.83. The van der Waals surface area contributed by atoms with Crippen molar-refractivity contribution in [1.82, 2.24) is 24.9 Å². The Morgan fingerprint density at radius 3 is 2.48 bits per heavy atom. The Hall–Kier alpha value is -1.54. The Kier molecular flexibility index (Phi) is 5.79. The molecule has 2 aromatic heterocycles. The van der Waals surface area contributed by atoms with Crippen molar-refractivity contribution in [2.75, 3.05) is 0 Å². The molecule has 0 unspecified atom stereocenters. The van der Waals surface area contributed by atoms with Gasteiger partial charge >= 0.3 is 6.18 Å². The smallest absolute Gasteiger partial charge is 0.308 e. The molecule has 0 aliphatic carbocycles. The number of rotatable bonds is 5. The molecular formula is C12H17ClF3N5. The number of alkyl halides is 3. The monoisotopic (exact) mass is 323 g/mol. The summed E-state index contributed by atoms with van der Waals surface area (Å²) in [5, 5.41) is 11.0. The van der Waals surface area contributed by atoms with Gasteiger partial charge in [0.05, 0.1) is 12.4 Å². The van der Waals surface area contributed by atoms with Crippen LogP contribution in [0, 0.1) is 6.92 Å². The molecule has 0 spiro atoms. The van der Waals surface area contributed by atoms with Gasteiger partial charge in [0, 0.05) is 43.2 Å². The second-order valence-corrected chi connectivity index (χ2v) is 4.64. The molecular weight excluding hydrogens is 307 g/mol. The molecule has 2 rings (SSSR count). The molecule has 0 radical (unpaired) electrons. The van der Waals surface area contributed by atoms with E-state index >= 15 is 0 Å². The van der Waals surface area contributed by atoms with Gasteiger partial charge in [-0.3, -0.25) is 9.36 Å². The van der Waals surface area contributed by atoms with Crippen molar-refractivity contribution in [1.29, 1.82) is 0 Å². The molecule has 2 heterocycles. The molecule has 21 heavy (non-hydrogen) atoms. The van der Waals surface area contributed by atoms with E-state index < -0.39 is 12.7 Å². The Balaban J connectivity index is 0.00000220. The van der Waals surface area contributed by atoms with Crippen molar-refractivity contribution in [3.05, 3.63) is 35.4 Å². The minimum Gasteiger partial charge on any atom is -0.308 e. The first-order chi connectivity index (χ1) is 9.35. The van der Waals surface area contributed by atoms with Crippen LogP contribution in [0.5, 0.6) is 0 Å². The van der Waals surface area contributed by atoms with E-state index in [1.807, 2.05) is 14.0 Å². The lowest BCUT2D eigenvalue weighted by Crippen LogP contribution is -2.18. The van der Waals surface area contributed by atoms with Gasteiger partial charge in [0.25, 0.3) is 0 Å². The Morgan fingerprint density at radius 2 is 1.90 bits per heavy atom. The Bertz CT molecular complexity index is 576. The van der Waals surface area contributed by atoms with E-state index in [1.165, 1.54) is 12.4 Å². The maximum absolute atomic E-state index is 12.2. The maximum atomic E-state index is 12.2. The highest BCUT2D eigenvalue weighted by Gasteiger charge is 2.28. The lowest BCUT2D eigenvalue weighted by molar-refractivity contribution is -0.142. The van der Waals surface area contributed by atoms with E-state index in [-0.39, 0.29) is 12.4 Å². The molecule has 0 aromatic carbocycles. The van der Waals surface area contributed by atoms with Crippen molar-refractivity contribution in [3.63, 3.8) is 0 Å². The van der Waals surface area contributed by atoms with E-state index in [4.69, 9.17) is 0 Å². The topological polar surface area (TPSA) is 47.7 Å². The summed E-state index contributed by atoms with van der Waals surface area (Å²) in [6.45, 7) is 1.98. The van der Waals surface area contributed by atoms with Crippen molar-refractivity contribution in [2.45, 2.75) is 32.7 Å². The molecule has 0 amide bonds. The predicted octanol–water partition coefficient (Wildman–Crippen LogP) is 2.20. The predicted molar refractivity (Wildman–Crippen MR) is 74.0 cm³/mol. The first-order valence-corrected chi connectivity index (χ1v) is 6.11. The molecule has 2 aromatic rings. The third-order valence-corrected chi connectivity index (χ3v) is 3.01. The first kappa shape index (κ1) is 17.5. The van der Waals surface area contributed by atoms with Crippen LogP contribution < -0.4 is 5.32 Å². The van der Waals surface area contributed by atoms with Crippen LogP contribution in [-0.4, -0.2) is 25.7 Å². The van der Waals surface area contributed by atoms with Crippen LogP contribution in [0.4, 0.5) is 13.2 Å². The number of aromatic nitrogens is 4. The number of nitrogens with zero attached hydrogens (tertiary/aromatic N) is 4. The second-order valence-electron chi connectivity index (χ2n) is 4.64. The summed E-state index contributed by atoms with van der Waals surface area (Å²) < 4.78 is 39.2. The fraction of sp³-hybridized carbons (Fsp3) is 0.500. The summed E-state index contributed by atoms with van der Waals surface area (Å²) in [4.78, 5) is 0. The first-order valence-electron chi connectivity index (χ1n) is 6.11. The largest absolute Gasteiger partial charge is 0.408 e. The van der Waals surface area contributed by atoms with Gasteiger partial charge in [0.1, 0.15) is 6.54 Å². The van der Waals surface area contributed by atoms with Crippen LogP contribution in [0.25, 0.3) is 0 Å². The summed E-state index contributed by atoms with van der Waals surface area (Å²) in [5.74, 6) is 0. The molecule has 1 N–H and O–H groups in total.